The number of nitrogens with one attached hydrogen (secondary N) is 1. The lowest BCUT2D eigenvalue weighted by atomic mass is 10.2. The van der Waals surface area contributed by atoms with Crippen molar-refractivity contribution in [2.45, 2.75) is 26.9 Å². The highest BCUT2D eigenvalue weighted by atomic mass is 79.9. The van der Waals surface area contributed by atoms with Gasteiger partial charge in [-0.15, -0.1) is 0 Å². The summed E-state index contributed by atoms with van der Waals surface area (Å²) < 4.78 is 5.89. The normalized spacial score (nSPS) is 10.5. The van der Waals surface area contributed by atoms with Gasteiger partial charge in [-0.25, -0.2) is 0 Å². The molecule has 0 aliphatic rings. The van der Waals surface area contributed by atoms with Gasteiger partial charge in [0.05, 0.1) is 11.8 Å². The van der Waals surface area contributed by atoms with E-state index in [2.05, 4.69) is 21.2 Å². The maximum absolute atomic E-state index is 11.4. The molecular formula is C12H15BrClNO2. The first-order valence-electron chi connectivity index (χ1n) is 5.29. The molecule has 17 heavy (non-hydrogen) atoms. The van der Waals surface area contributed by atoms with Crippen molar-refractivity contribution in [3.8, 4) is 0 Å². The molecule has 0 saturated carbocycles. The van der Waals surface area contributed by atoms with Gasteiger partial charge in [-0.1, -0.05) is 11.6 Å². The van der Waals surface area contributed by atoms with Crippen molar-refractivity contribution in [1.82, 2.24) is 0 Å². The van der Waals surface area contributed by atoms with Crippen molar-refractivity contribution in [2.75, 3.05) is 11.9 Å². The van der Waals surface area contributed by atoms with Crippen LogP contribution < -0.4 is 5.32 Å². The van der Waals surface area contributed by atoms with Crippen LogP contribution in [0.3, 0.4) is 0 Å². The zero-order chi connectivity index (χ0) is 13.0. The number of benzene rings is 1. The fraction of sp³-hybridized carbons (Fsp3) is 0.417. The molecule has 94 valence electrons. The van der Waals surface area contributed by atoms with Gasteiger partial charge in [0, 0.05) is 9.50 Å². The van der Waals surface area contributed by atoms with Crippen LogP contribution in [0.2, 0.25) is 5.02 Å². The maximum atomic E-state index is 11.4. The van der Waals surface area contributed by atoms with Crippen LogP contribution in [0.4, 0.5) is 5.69 Å². The van der Waals surface area contributed by atoms with Gasteiger partial charge in [-0.3, -0.25) is 4.79 Å². The molecule has 0 atom stereocenters. The third-order valence-electron chi connectivity index (χ3n) is 2.04. The van der Waals surface area contributed by atoms with Crippen LogP contribution >= 0.6 is 27.5 Å². The Labute approximate surface area is 115 Å². The summed E-state index contributed by atoms with van der Waals surface area (Å²) in [6.07, 6.45) is -0.102. The summed E-state index contributed by atoms with van der Waals surface area (Å²) in [5, 5.41) is 3.64. The molecule has 0 amide bonds. The number of esters is 1. The lowest BCUT2D eigenvalue weighted by Gasteiger charge is -2.11. The van der Waals surface area contributed by atoms with Gasteiger partial charge in [0.2, 0.25) is 0 Å². The summed E-state index contributed by atoms with van der Waals surface area (Å²) >= 11 is 9.42. The fourth-order valence-electron chi connectivity index (χ4n) is 1.25. The minimum Gasteiger partial charge on any atom is -0.462 e. The smallest absolute Gasteiger partial charge is 0.325 e. The Hall–Kier alpha value is -0.740. The second-order valence-corrected chi connectivity index (χ2v) is 5.23. The maximum Gasteiger partial charge on any atom is 0.325 e. The molecule has 1 aromatic carbocycles. The molecule has 0 radical (unpaired) electrons. The molecule has 1 N–H and O–H groups in total. The largest absolute Gasteiger partial charge is 0.462 e. The number of carbonyl (C=O) groups excluding carboxylic acids is 1. The van der Waals surface area contributed by atoms with E-state index < -0.39 is 0 Å². The van der Waals surface area contributed by atoms with E-state index in [1.165, 1.54) is 0 Å². The van der Waals surface area contributed by atoms with E-state index in [-0.39, 0.29) is 18.6 Å². The topological polar surface area (TPSA) is 38.3 Å². The molecule has 0 aromatic heterocycles. The fourth-order valence-corrected chi connectivity index (χ4v) is 2.02. The predicted molar refractivity (Wildman–Crippen MR) is 73.6 cm³/mol. The van der Waals surface area contributed by atoms with E-state index in [0.29, 0.717) is 5.02 Å². The van der Waals surface area contributed by atoms with Gasteiger partial charge < -0.3 is 10.1 Å². The number of halogens is 2. The number of hydrogen-bond acceptors (Lipinski definition) is 3. The summed E-state index contributed by atoms with van der Waals surface area (Å²) in [5.41, 5.74) is 1.76. The van der Waals surface area contributed by atoms with Crippen LogP contribution in [0.1, 0.15) is 19.4 Å². The Morgan fingerprint density at radius 3 is 2.76 bits per heavy atom. The minimum atomic E-state index is -0.288. The molecule has 5 heteroatoms. The van der Waals surface area contributed by atoms with Gasteiger partial charge >= 0.3 is 5.97 Å². The van der Waals surface area contributed by atoms with Gasteiger partial charge in [-0.05, 0) is 54.4 Å². The molecule has 0 aliphatic heterocycles. The van der Waals surface area contributed by atoms with Crippen LogP contribution in [0.5, 0.6) is 0 Å². The Morgan fingerprint density at radius 2 is 2.18 bits per heavy atom. The van der Waals surface area contributed by atoms with E-state index in [1.807, 2.05) is 26.8 Å². The van der Waals surface area contributed by atoms with Crippen molar-refractivity contribution in [3.63, 3.8) is 0 Å². The Balaban J connectivity index is 2.63. The molecule has 0 unspecified atom stereocenters. The van der Waals surface area contributed by atoms with E-state index in [0.717, 1.165) is 15.7 Å². The molecular weight excluding hydrogens is 305 g/mol. The van der Waals surface area contributed by atoms with Gasteiger partial charge in [0.1, 0.15) is 6.54 Å². The number of hydrogen-bond donors (Lipinski definition) is 1. The number of anilines is 1. The number of carbonyl (C=O) groups is 1. The van der Waals surface area contributed by atoms with Crippen LogP contribution in [0.25, 0.3) is 0 Å². The van der Waals surface area contributed by atoms with Crippen molar-refractivity contribution in [2.24, 2.45) is 0 Å². The first-order chi connectivity index (χ1) is 7.90. The third kappa shape index (κ3) is 4.56. The highest BCUT2D eigenvalue weighted by Gasteiger charge is 2.08. The molecule has 0 spiro atoms. The van der Waals surface area contributed by atoms with Crippen LogP contribution in [0.15, 0.2) is 16.6 Å². The van der Waals surface area contributed by atoms with E-state index in [1.54, 1.807) is 6.07 Å². The zero-order valence-electron chi connectivity index (χ0n) is 10.0. The monoisotopic (exact) mass is 319 g/mol. The molecule has 0 heterocycles. The predicted octanol–water partition coefficient (Wildman–Crippen LogP) is 3.77. The number of rotatable bonds is 4. The van der Waals surface area contributed by atoms with Gasteiger partial charge in [0.15, 0.2) is 0 Å². The highest BCUT2D eigenvalue weighted by Crippen LogP contribution is 2.28. The molecule has 0 bridgehead atoms. The first-order valence-corrected chi connectivity index (χ1v) is 6.46. The summed E-state index contributed by atoms with van der Waals surface area (Å²) in [6, 6.07) is 3.68. The molecule has 1 rings (SSSR count). The summed E-state index contributed by atoms with van der Waals surface area (Å²) in [5.74, 6) is -0.288. The molecule has 1 aromatic rings. The summed E-state index contributed by atoms with van der Waals surface area (Å²) in [6.45, 7) is 5.67. The second kappa shape index (κ2) is 6.26. The molecule has 3 nitrogen and oxygen atoms in total. The summed E-state index contributed by atoms with van der Waals surface area (Å²) in [7, 11) is 0. The van der Waals surface area contributed by atoms with Crippen LogP contribution in [-0.4, -0.2) is 18.6 Å². The average molecular weight is 321 g/mol. The van der Waals surface area contributed by atoms with Gasteiger partial charge in [0.25, 0.3) is 0 Å². The first kappa shape index (κ1) is 14.3. The van der Waals surface area contributed by atoms with Crippen LogP contribution in [0, 0.1) is 6.92 Å². The molecule has 0 fully saturated rings. The van der Waals surface area contributed by atoms with Gasteiger partial charge in [-0.2, -0.15) is 0 Å². The highest BCUT2D eigenvalue weighted by molar-refractivity contribution is 9.10. The van der Waals surface area contributed by atoms with Crippen molar-refractivity contribution >= 4 is 39.2 Å². The Morgan fingerprint density at radius 1 is 1.53 bits per heavy atom. The minimum absolute atomic E-state index is 0.102. The average Bonchev–Trinajstić information content (AvgIpc) is 2.20. The van der Waals surface area contributed by atoms with Crippen molar-refractivity contribution in [3.05, 3.63) is 27.2 Å². The number of aryl methyl sites for hydroxylation is 1. The van der Waals surface area contributed by atoms with Crippen LogP contribution in [-0.2, 0) is 9.53 Å². The Bertz CT molecular complexity index is 421. The van der Waals surface area contributed by atoms with Crippen molar-refractivity contribution < 1.29 is 9.53 Å². The summed E-state index contributed by atoms with van der Waals surface area (Å²) in [4.78, 5) is 11.4. The van der Waals surface area contributed by atoms with E-state index in [9.17, 15) is 4.79 Å². The standard InChI is InChI=1S/C12H15BrClNO2/c1-7(2)17-12(16)6-15-11-5-10(14)8(3)4-9(11)13/h4-5,7,15H,6H2,1-3H3. The zero-order valence-corrected chi connectivity index (χ0v) is 12.4. The lowest BCUT2D eigenvalue weighted by molar-refractivity contribution is -0.145. The van der Waals surface area contributed by atoms with E-state index in [4.69, 9.17) is 16.3 Å². The SMILES string of the molecule is Cc1cc(Br)c(NCC(=O)OC(C)C)cc1Cl. The second-order valence-electron chi connectivity index (χ2n) is 3.97. The van der Waals surface area contributed by atoms with E-state index >= 15 is 0 Å². The number of ether oxygens (including phenoxy) is 1. The Kier molecular flexibility index (Phi) is 5.28. The quantitative estimate of drug-likeness (QED) is 0.858. The molecule has 0 aliphatic carbocycles. The third-order valence-corrected chi connectivity index (χ3v) is 3.10. The lowest BCUT2D eigenvalue weighted by Crippen LogP contribution is -2.20. The molecule has 0 saturated heterocycles. The van der Waals surface area contributed by atoms with Crippen molar-refractivity contribution in [1.29, 1.82) is 0 Å².